The Bertz CT molecular complexity index is 539. The van der Waals surface area contributed by atoms with Gasteiger partial charge >= 0.3 is 0 Å². The lowest BCUT2D eigenvalue weighted by Crippen LogP contribution is -2.30. The van der Waals surface area contributed by atoms with Crippen molar-refractivity contribution in [2.24, 2.45) is 0 Å². The minimum Gasteiger partial charge on any atom is -0.384 e. The molecular formula is C13H16N4O2. The third-order valence-corrected chi connectivity index (χ3v) is 2.78. The van der Waals surface area contributed by atoms with Crippen LogP contribution in [0.25, 0.3) is 0 Å². The van der Waals surface area contributed by atoms with E-state index in [9.17, 15) is 4.79 Å². The van der Waals surface area contributed by atoms with E-state index < -0.39 is 6.10 Å². The van der Waals surface area contributed by atoms with Crippen LogP contribution in [0.1, 0.15) is 17.2 Å². The summed E-state index contributed by atoms with van der Waals surface area (Å²) in [4.78, 5) is 12.1. The van der Waals surface area contributed by atoms with Gasteiger partial charge in [0.25, 0.3) is 5.91 Å². The average molecular weight is 260 g/mol. The molecule has 0 bridgehead atoms. The molecule has 0 fully saturated rings. The molecule has 6 heteroatoms. The van der Waals surface area contributed by atoms with Gasteiger partial charge in [0, 0.05) is 19.2 Å². The van der Waals surface area contributed by atoms with Crippen LogP contribution in [-0.2, 0) is 16.1 Å². The topological polar surface area (TPSA) is 93.0 Å². The molecule has 0 aliphatic rings. The molecule has 0 aliphatic heterocycles. The first-order chi connectivity index (χ1) is 9.22. The van der Waals surface area contributed by atoms with Gasteiger partial charge in [-0.25, -0.2) is 0 Å². The zero-order valence-electron chi connectivity index (χ0n) is 10.6. The largest absolute Gasteiger partial charge is 0.384 e. The van der Waals surface area contributed by atoms with Crippen LogP contribution in [0.2, 0.25) is 0 Å². The van der Waals surface area contributed by atoms with Gasteiger partial charge < -0.3 is 15.8 Å². The molecule has 1 atom stereocenters. The third-order valence-electron chi connectivity index (χ3n) is 2.78. The first kappa shape index (κ1) is 13.1. The molecule has 0 aliphatic carbocycles. The maximum absolute atomic E-state index is 12.1. The number of carbonyl (C=O) groups excluding carboxylic acids is 1. The standard InChI is InChI=1S/C13H16N4O2/c1-19-11(9-5-3-2-4-6-9)13(18)15-7-10-8-16-17-12(10)14/h2-6,8,11H,7H2,1H3,(H,15,18)(H3,14,16,17). The van der Waals surface area contributed by atoms with Crippen LogP contribution in [0.3, 0.4) is 0 Å². The van der Waals surface area contributed by atoms with Crippen LogP contribution in [0.5, 0.6) is 0 Å². The molecule has 1 unspecified atom stereocenters. The summed E-state index contributed by atoms with van der Waals surface area (Å²) in [7, 11) is 1.50. The zero-order chi connectivity index (χ0) is 13.7. The molecule has 100 valence electrons. The minimum absolute atomic E-state index is 0.214. The number of nitrogen functional groups attached to an aromatic ring is 1. The molecule has 2 rings (SSSR count). The molecule has 6 nitrogen and oxygen atoms in total. The lowest BCUT2D eigenvalue weighted by atomic mass is 10.1. The van der Waals surface area contributed by atoms with E-state index >= 15 is 0 Å². The fourth-order valence-corrected chi connectivity index (χ4v) is 1.76. The van der Waals surface area contributed by atoms with Crippen LogP contribution in [0, 0.1) is 0 Å². The predicted molar refractivity (Wildman–Crippen MR) is 71.0 cm³/mol. The summed E-state index contributed by atoms with van der Waals surface area (Å²) < 4.78 is 5.23. The van der Waals surface area contributed by atoms with Crippen molar-refractivity contribution in [1.29, 1.82) is 0 Å². The SMILES string of the molecule is COC(C(=O)NCc1cn[nH]c1N)c1ccccc1. The number of nitrogens with two attached hydrogens (primary N) is 1. The van der Waals surface area contributed by atoms with Gasteiger partial charge in [-0.05, 0) is 5.56 Å². The Hall–Kier alpha value is -2.34. The fraction of sp³-hybridized carbons (Fsp3) is 0.231. The number of methoxy groups -OCH3 is 1. The van der Waals surface area contributed by atoms with Crippen molar-refractivity contribution in [1.82, 2.24) is 15.5 Å². The number of aromatic amines is 1. The van der Waals surface area contributed by atoms with Crippen LogP contribution in [0.4, 0.5) is 5.82 Å². The summed E-state index contributed by atoms with van der Waals surface area (Å²) in [5.74, 6) is 0.239. The molecule has 0 saturated carbocycles. The predicted octanol–water partition coefficient (Wildman–Crippen LogP) is 0.996. The summed E-state index contributed by atoms with van der Waals surface area (Å²) in [5.41, 5.74) is 7.20. The van der Waals surface area contributed by atoms with Crippen molar-refractivity contribution in [3.05, 3.63) is 47.7 Å². The van der Waals surface area contributed by atoms with Crippen LogP contribution >= 0.6 is 0 Å². The molecule has 4 N–H and O–H groups in total. The zero-order valence-corrected chi connectivity index (χ0v) is 10.6. The average Bonchev–Trinajstić information content (AvgIpc) is 2.84. The van der Waals surface area contributed by atoms with Crippen LogP contribution in [0.15, 0.2) is 36.5 Å². The second kappa shape index (κ2) is 6.01. The number of hydrogen-bond donors (Lipinski definition) is 3. The van der Waals surface area contributed by atoms with E-state index in [2.05, 4.69) is 15.5 Å². The summed E-state index contributed by atoms with van der Waals surface area (Å²) in [6.07, 6.45) is 0.953. The number of nitrogens with zero attached hydrogens (tertiary/aromatic N) is 1. The maximum atomic E-state index is 12.1. The van der Waals surface area contributed by atoms with Crippen LogP contribution < -0.4 is 11.1 Å². The number of rotatable bonds is 5. The highest BCUT2D eigenvalue weighted by Crippen LogP contribution is 2.16. The van der Waals surface area contributed by atoms with Crippen molar-refractivity contribution in [2.75, 3.05) is 12.8 Å². The van der Waals surface area contributed by atoms with Crippen LogP contribution in [-0.4, -0.2) is 23.2 Å². The Labute approximate surface area is 111 Å². The number of amides is 1. The van der Waals surface area contributed by atoms with Gasteiger partial charge in [-0.1, -0.05) is 30.3 Å². The van der Waals surface area contributed by atoms with Crippen molar-refractivity contribution >= 4 is 11.7 Å². The van der Waals surface area contributed by atoms with E-state index in [0.29, 0.717) is 12.4 Å². The van der Waals surface area contributed by atoms with Crippen molar-refractivity contribution in [3.63, 3.8) is 0 Å². The number of anilines is 1. The first-order valence-electron chi connectivity index (χ1n) is 5.85. The number of ether oxygens (including phenoxy) is 1. The molecule has 1 aromatic carbocycles. The molecule has 0 spiro atoms. The van der Waals surface area contributed by atoms with E-state index in [1.165, 1.54) is 7.11 Å². The highest BCUT2D eigenvalue weighted by molar-refractivity contribution is 5.82. The Kier molecular flexibility index (Phi) is 4.15. The van der Waals surface area contributed by atoms with Gasteiger partial charge in [0.05, 0.1) is 6.20 Å². The summed E-state index contributed by atoms with van der Waals surface area (Å²) in [6, 6.07) is 9.31. The van der Waals surface area contributed by atoms with E-state index in [1.807, 2.05) is 30.3 Å². The van der Waals surface area contributed by atoms with Gasteiger partial charge in [0.15, 0.2) is 6.10 Å². The fourth-order valence-electron chi connectivity index (χ4n) is 1.76. The maximum Gasteiger partial charge on any atom is 0.254 e. The smallest absolute Gasteiger partial charge is 0.254 e. The van der Waals surface area contributed by atoms with Gasteiger partial charge in [-0.3, -0.25) is 9.89 Å². The Morgan fingerprint density at radius 2 is 2.21 bits per heavy atom. The van der Waals surface area contributed by atoms with Gasteiger partial charge in [-0.15, -0.1) is 0 Å². The number of H-pyrrole nitrogens is 1. The number of aromatic nitrogens is 2. The van der Waals surface area contributed by atoms with Crippen molar-refractivity contribution < 1.29 is 9.53 Å². The van der Waals surface area contributed by atoms with Gasteiger partial charge in [-0.2, -0.15) is 5.10 Å². The Morgan fingerprint density at radius 1 is 1.47 bits per heavy atom. The second-order valence-corrected chi connectivity index (χ2v) is 4.05. The minimum atomic E-state index is -0.630. The van der Waals surface area contributed by atoms with E-state index in [0.717, 1.165) is 11.1 Å². The molecular weight excluding hydrogens is 244 g/mol. The molecule has 0 radical (unpaired) electrons. The highest BCUT2D eigenvalue weighted by atomic mass is 16.5. The Morgan fingerprint density at radius 3 is 2.79 bits per heavy atom. The lowest BCUT2D eigenvalue weighted by molar-refractivity contribution is -0.131. The summed E-state index contributed by atoms with van der Waals surface area (Å²) >= 11 is 0. The van der Waals surface area contributed by atoms with E-state index in [4.69, 9.17) is 10.5 Å². The normalized spacial score (nSPS) is 12.1. The Balaban J connectivity index is 2.00. The first-order valence-corrected chi connectivity index (χ1v) is 5.85. The third kappa shape index (κ3) is 3.11. The van der Waals surface area contributed by atoms with Gasteiger partial charge in [0.1, 0.15) is 5.82 Å². The molecule has 1 amide bonds. The number of nitrogens with one attached hydrogen (secondary N) is 2. The molecule has 1 aromatic heterocycles. The molecule has 19 heavy (non-hydrogen) atoms. The molecule has 0 saturated heterocycles. The van der Waals surface area contributed by atoms with Gasteiger partial charge in [0.2, 0.25) is 0 Å². The number of benzene rings is 1. The van der Waals surface area contributed by atoms with E-state index in [1.54, 1.807) is 6.20 Å². The quantitative estimate of drug-likeness (QED) is 0.747. The van der Waals surface area contributed by atoms with E-state index in [-0.39, 0.29) is 5.91 Å². The summed E-state index contributed by atoms with van der Waals surface area (Å²) in [5, 5.41) is 9.17. The second-order valence-electron chi connectivity index (χ2n) is 4.05. The highest BCUT2D eigenvalue weighted by Gasteiger charge is 2.19. The van der Waals surface area contributed by atoms with Crippen molar-refractivity contribution in [3.8, 4) is 0 Å². The summed E-state index contributed by atoms with van der Waals surface area (Å²) in [6.45, 7) is 0.313. The lowest BCUT2D eigenvalue weighted by Gasteiger charge is -2.15. The monoisotopic (exact) mass is 260 g/mol. The molecule has 1 heterocycles. The number of hydrogen-bond acceptors (Lipinski definition) is 4. The number of carbonyl (C=O) groups is 1. The molecule has 2 aromatic rings. The van der Waals surface area contributed by atoms with Crippen molar-refractivity contribution in [2.45, 2.75) is 12.6 Å².